The van der Waals surface area contributed by atoms with Gasteiger partial charge in [-0.15, -0.1) is 0 Å². The molecule has 9 heteroatoms. The average molecular weight is 450 g/mol. The van der Waals surface area contributed by atoms with Crippen LogP contribution < -0.4 is 10.9 Å². The largest absolute Gasteiger partial charge is 0.382 e. The van der Waals surface area contributed by atoms with E-state index in [0.29, 0.717) is 11.6 Å². The Morgan fingerprint density at radius 2 is 2.17 bits per heavy atom. The highest BCUT2D eigenvalue weighted by molar-refractivity contribution is 7.97. The van der Waals surface area contributed by atoms with E-state index in [0.717, 1.165) is 63.6 Å². The number of hydrogen-bond acceptors (Lipinski definition) is 7. The van der Waals surface area contributed by atoms with Gasteiger partial charge in [0.2, 0.25) is 0 Å². The van der Waals surface area contributed by atoms with Crippen molar-refractivity contribution in [3.63, 3.8) is 0 Å². The second-order valence-electron chi connectivity index (χ2n) is 8.01. The lowest BCUT2D eigenvalue weighted by molar-refractivity contribution is 0.0595. The fourth-order valence-electron chi connectivity index (χ4n) is 3.92. The quantitative estimate of drug-likeness (QED) is 0.672. The minimum absolute atomic E-state index is 0.0677. The second kappa shape index (κ2) is 10.1. The number of pyridine rings is 1. The van der Waals surface area contributed by atoms with E-state index in [2.05, 4.69) is 32.7 Å². The Balaban J connectivity index is 1.34. The van der Waals surface area contributed by atoms with Gasteiger partial charge in [-0.25, -0.2) is 14.0 Å². The molecule has 1 unspecified atom stereocenters. The SMILES string of the molecule is Cc1ccnc(SN2CCC(n3ncc(NCC4CCCOC4)c(Cl)c3=O)CC2)c1. The average Bonchev–Trinajstić information content (AvgIpc) is 2.76. The summed E-state index contributed by atoms with van der Waals surface area (Å²) in [7, 11) is 0. The summed E-state index contributed by atoms with van der Waals surface area (Å²) in [5, 5.41) is 8.95. The van der Waals surface area contributed by atoms with Crippen LogP contribution in [0.15, 0.2) is 34.3 Å². The lowest BCUT2D eigenvalue weighted by atomic mass is 10.0. The number of nitrogens with zero attached hydrogens (tertiary/aromatic N) is 4. The molecule has 4 heterocycles. The van der Waals surface area contributed by atoms with E-state index >= 15 is 0 Å². The van der Waals surface area contributed by atoms with Crippen LogP contribution in [0.1, 0.15) is 37.3 Å². The number of piperidine rings is 1. The van der Waals surface area contributed by atoms with E-state index in [-0.39, 0.29) is 16.6 Å². The monoisotopic (exact) mass is 449 g/mol. The smallest absolute Gasteiger partial charge is 0.287 e. The van der Waals surface area contributed by atoms with Crippen molar-refractivity contribution >= 4 is 29.2 Å². The maximum Gasteiger partial charge on any atom is 0.287 e. The van der Waals surface area contributed by atoms with Gasteiger partial charge in [0.1, 0.15) is 10.0 Å². The van der Waals surface area contributed by atoms with Crippen molar-refractivity contribution in [2.75, 3.05) is 38.2 Å². The predicted octanol–water partition coefficient (Wildman–Crippen LogP) is 3.78. The molecule has 2 aromatic rings. The van der Waals surface area contributed by atoms with Gasteiger partial charge in [-0.1, -0.05) is 11.6 Å². The molecular formula is C21H28ClN5O2S. The molecule has 1 atom stereocenters. The predicted molar refractivity (Wildman–Crippen MR) is 120 cm³/mol. The molecule has 0 bridgehead atoms. The highest BCUT2D eigenvalue weighted by atomic mass is 35.5. The first-order valence-electron chi connectivity index (χ1n) is 10.5. The zero-order chi connectivity index (χ0) is 20.9. The van der Waals surface area contributed by atoms with Crippen LogP contribution in [0.3, 0.4) is 0 Å². The number of halogens is 1. The minimum Gasteiger partial charge on any atom is -0.382 e. The summed E-state index contributed by atoms with van der Waals surface area (Å²) in [5.41, 5.74) is 1.60. The van der Waals surface area contributed by atoms with Gasteiger partial charge in [0.25, 0.3) is 5.56 Å². The van der Waals surface area contributed by atoms with Crippen LogP contribution >= 0.6 is 23.5 Å². The van der Waals surface area contributed by atoms with E-state index in [1.54, 1.807) is 22.8 Å². The van der Waals surface area contributed by atoms with Crippen LogP contribution in [0.2, 0.25) is 5.02 Å². The summed E-state index contributed by atoms with van der Waals surface area (Å²) in [5.74, 6) is 0.446. The van der Waals surface area contributed by atoms with Gasteiger partial charge in [0.05, 0.1) is 24.5 Å². The highest BCUT2D eigenvalue weighted by Gasteiger charge is 2.24. The van der Waals surface area contributed by atoms with Crippen molar-refractivity contribution < 1.29 is 4.74 Å². The van der Waals surface area contributed by atoms with Crippen molar-refractivity contribution in [3.05, 3.63) is 45.5 Å². The summed E-state index contributed by atoms with van der Waals surface area (Å²) >= 11 is 8.07. The van der Waals surface area contributed by atoms with E-state index in [1.807, 2.05) is 12.3 Å². The van der Waals surface area contributed by atoms with Crippen molar-refractivity contribution in [1.82, 2.24) is 19.1 Å². The summed E-state index contributed by atoms with van der Waals surface area (Å²) in [6, 6.07) is 4.16. The molecule has 30 heavy (non-hydrogen) atoms. The summed E-state index contributed by atoms with van der Waals surface area (Å²) < 4.78 is 9.37. The Hall–Kier alpha value is -1.61. The molecule has 0 spiro atoms. The highest BCUT2D eigenvalue weighted by Crippen LogP contribution is 2.29. The molecular weight excluding hydrogens is 422 g/mol. The third-order valence-corrected chi connectivity index (χ3v) is 7.06. The first-order valence-corrected chi connectivity index (χ1v) is 11.7. The Morgan fingerprint density at radius 1 is 1.33 bits per heavy atom. The first kappa shape index (κ1) is 21.6. The summed E-state index contributed by atoms with van der Waals surface area (Å²) in [4.78, 5) is 17.2. The van der Waals surface area contributed by atoms with Crippen LogP contribution in [0.5, 0.6) is 0 Å². The Kier molecular flexibility index (Phi) is 7.30. The normalized spacial score (nSPS) is 20.9. The Labute approximate surface area is 186 Å². The van der Waals surface area contributed by atoms with Gasteiger partial charge in [0.15, 0.2) is 0 Å². The molecule has 2 aliphatic rings. The molecule has 2 aromatic heterocycles. The molecule has 0 aliphatic carbocycles. The molecule has 0 aromatic carbocycles. The van der Waals surface area contributed by atoms with Crippen molar-refractivity contribution in [2.24, 2.45) is 5.92 Å². The number of nitrogens with one attached hydrogen (secondary N) is 1. The molecule has 2 aliphatic heterocycles. The Morgan fingerprint density at radius 3 is 2.90 bits per heavy atom. The summed E-state index contributed by atoms with van der Waals surface area (Å²) in [6.45, 7) is 6.16. The number of aromatic nitrogens is 3. The topological polar surface area (TPSA) is 72.3 Å². The maximum atomic E-state index is 12.8. The molecule has 0 saturated carbocycles. The fraction of sp³-hybridized carbons (Fsp3) is 0.571. The van der Waals surface area contributed by atoms with Crippen LogP contribution in [0.4, 0.5) is 5.69 Å². The van der Waals surface area contributed by atoms with Gasteiger partial charge in [-0.05, 0) is 68.2 Å². The van der Waals surface area contributed by atoms with Crippen LogP contribution in [0.25, 0.3) is 0 Å². The molecule has 1 N–H and O–H groups in total. The number of hydrogen-bond donors (Lipinski definition) is 1. The van der Waals surface area contributed by atoms with Gasteiger partial charge < -0.3 is 10.1 Å². The van der Waals surface area contributed by atoms with Crippen LogP contribution in [0, 0.1) is 12.8 Å². The lowest BCUT2D eigenvalue weighted by Crippen LogP contribution is -2.36. The molecule has 0 radical (unpaired) electrons. The Bertz CT molecular complexity index is 911. The standard InChI is InChI=1S/C21H28ClN5O2S/c1-15-4-7-23-19(11-15)30-26-8-5-17(6-9-26)27-21(28)20(22)18(13-25-27)24-12-16-3-2-10-29-14-16/h4,7,11,13,16-17,24H,2-3,5-6,8-10,12,14H2,1H3. The number of anilines is 1. The van der Waals surface area contributed by atoms with E-state index < -0.39 is 0 Å². The number of aryl methyl sites for hydroxylation is 1. The molecule has 0 amide bonds. The number of ether oxygens (including phenoxy) is 1. The van der Waals surface area contributed by atoms with Crippen molar-refractivity contribution in [1.29, 1.82) is 0 Å². The van der Waals surface area contributed by atoms with Gasteiger partial charge in [0, 0.05) is 32.4 Å². The third-order valence-electron chi connectivity index (χ3n) is 5.66. The first-order chi connectivity index (χ1) is 14.6. The third kappa shape index (κ3) is 5.35. The zero-order valence-corrected chi connectivity index (χ0v) is 18.8. The second-order valence-corrected chi connectivity index (χ2v) is 9.50. The van der Waals surface area contributed by atoms with E-state index in [1.165, 1.54) is 5.56 Å². The van der Waals surface area contributed by atoms with E-state index in [4.69, 9.17) is 16.3 Å². The summed E-state index contributed by atoms with van der Waals surface area (Å²) in [6.07, 6.45) is 7.45. The maximum absolute atomic E-state index is 12.8. The fourth-order valence-corrected chi connectivity index (χ4v) is 5.13. The zero-order valence-electron chi connectivity index (χ0n) is 17.2. The molecule has 2 fully saturated rings. The molecule has 2 saturated heterocycles. The van der Waals surface area contributed by atoms with Gasteiger partial charge in [-0.2, -0.15) is 5.10 Å². The van der Waals surface area contributed by atoms with E-state index in [9.17, 15) is 4.79 Å². The van der Waals surface area contributed by atoms with Crippen LogP contribution in [-0.4, -0.2) is 51.9 Å². The minimum atomic E-state index is -0.215. The lowest BCUT2D eigenvalue weighted by Gasteiger charge is -2.31. The van der Waals surface area contributed by atoms with Crippen molar-refractivity contribution in [2.45, 2.75) is 43.7 Å². The van der Waals surface area contributed by atoms with Crippen LogP contribution in [-0.2, 0) is 4.74 Å². The number of rotatable bonds is 6. The van der Waals surface area contributed by atoms with Crippen molar-refractivity contribution in [3.8, 4) is 0 Å². The van der Waals surface area contributed by atoms with Gasteiger partial charge >= 0.3 is 0 Å². The van der Waals surface area contributed by atoms with Gasteiger partial charge in [-0.3, -0.25) is 4.79 Å². The molecule has 7 nitrogen and oxygen atoms in total. The molecule has 4 rings (SSSR count). The molecule has 162 valence electrons.